The maximum atomic E-state index is 13.2. The number of hydrazone groups is 1. The predicted octanol–water partition coefficient (Wildman–Crippen LogP) is 4.28. The molecule has 2 aromatic heterocycles. The summed E-state index contributed by atoms with van der Waals surface area (Å²) < 4.78 is 10.9. The number of allylic oxidation sites excluding steroid dienone is 1. The molecule has 0 spiro atoms. The predicted molar refractivity (Wildman–Crippen MR) is 110 cm³/mol. The molecule has 0 fully saturated rings. The Kier molecular flexibility index (Phi) is 4.52. The minimum Gasteiger partial charge on any atom is -0.467 e. The van der Waals surface area contributed by atoms with Crippen molar-refractivity contribution in [1.29, 1.82) is 0 Å². The second-order valence-electron chi connectivity index (χ2n) is 7.21. The molecule has 5 rings (SSSR count). The monoisotopic (exact) mass is 387 g/mol. The van der Waals surface area contributed by atoms with Crippen molar-refractivity contribution in [3.8, 4) is 0 Å². The molecule has 0 N–H and O–H groups in total. The quantitative estimate of drug-likeness (QED) is 0.656. The van der Waals surface area contributed by atoms with E-state index >= 15 is 0 Å². The fourth-order valence-corrected chi connectivity index (χ4v) is 3.94. The van der Waals surface area contributed by atoms with Gasteiger partial charge in [-0.3, -0.25) is 4.79 Å². The zero-order chi connectivity index (χ0) is 19.6. The molecular weight excluding hydrogens is 366 g/mol. The molecular formula is C23H21N3O3. The Morgan fingerprint density at radius 1 is 1.07 bits per heavy atom. The van der Waals surface area contributed by atoms with Crippen LogP contribution in [0.25, 0.3) is 6.08 Å². The second-order valence-corrected chi connectivity index (χ2v) is 7.21. The molecule has 0 aliphatic carbocycles. The summed E-state index contributed by atoms with van der Waals surface area (Å²) in [5, 5.41) is 6.18. The van der Waals surface area contributed by atoms with Crippen LogP contribution in [0, 0.1) is 0 Å². The third-order valence-corrected chi connectivity index (χ3v) is 5.35. The number of carbonyl (C=O) groups is 1. The number of benzene rings is 1. The molecule has 0 unspecified atom stereocenters. The summed E-state index contributed by atoms with van der Waals surface area (Å²) in [6.07, 6.45) is 8.59. The molecule has 6 nitrogen and oxygen atoms in total. The Balaban J connectivity index is 1.37. The van der Waals surface area contributed by atoms with Gasteiger partial charge < -0.3 is 13.7 Å². The third-order valence-electron chi connectivity index (χ3n) is 5.35. The van der Waals surface area contributed by atoms with E-state index in [2.05, 4.69) is 22.1 Å². The van der Waals surface area contributed by atoms with Gasteiger partial charge in [-0.15, -0.1) is 0 Å². The highest BCUT2D eigenvalue weighted by Gasteiger charge is 2.35. The van der Waals surface area contributed by atoms with Crippen LogP contribution in [0.3, 0.4) is 0 Å². The van der Waals surface area contributed by atoms with E-state index < -0.39 is 0 Å². The number of carbonyl (C=O) groups excluding carboxylic acids is 1. The molecule has 0 bridgehead atoms. The largest absolute Gasteiger partial charge is 0.467 e. The fraction of sp³-hybridized carbons (Fsp3) is 0.217. The van der Waals surface area contributed by atoms with E-state index in [9.17, 15) is 4.79 Å². The minimum atomic E-state index is -0.230. The lowest BCUT2D eigenvalue weighted by atomic mass is 10.1. The van der Waals surface area contributed by atoms with Crippen molar-refractivity contribution in [3.05, 3.63) is 84.2 Å². The normalized spacial score (nSPS) is 18.5. The minimum absolute atomic E-state index is 0.0375. The van der Waals surface area contributed by atoms with E-state index in [-0.39, 0.29) is 11.9 Å². The van der Waals surface area contributed by atoms with Crippen LogP contribution in [0.1, 0.15) is 29.5 Å². The Bertz CT molecular complexity index is 1050. The first kappa shape index (κ1) is 17.6. The van der Waals surface area contributed by atoms with E-state index in [1.54, 1.807) is 17.5 Å². The van der Waals surface area contributed by atoms with Gasteiger partial charge in [-0.2, -0.15) is 5.10 Å². The van der Waals surface area contributed by atoms with Crippen LogP contribution in [-0.2, 0) is 11.2 Å². The summed E-state index contributed by atoms with van der Waals surface area (Å²) in [5.41, 5.74) is 3.24. The molecule has 0 saturated heterocycles. The molecule has 4 heterocycles. The van der Waals surface area contributed by atoms with E-state index in [0.717, 1.165) is 35.9 Å². The first-order valence-electron chi connectivity index (χ1n) is 9.75. The van der Waals surface area contributed by atoms with E-state index in [1.807, 2.05) is 48.6 Å². The Labute approximate surface area is 168 Å². The van der Waals surface area contributed by atoms with Gasteiger partial charge in [-0.25, -0.2) is 5.01 Å². The van der Waals surface area contributed by atoms with Crippen LogP contribution in [0.5, 0.6) is 0 Å². The first-order chi connectivity index (χ1) is 14.3. The Morgan fingerprint density at radius 2 is 1.93 bits per heavy atom. The molecule has 29 heavy (non-hydrogen) atoms. The Morgan fingerprint density at radius 3 is 2.76 bits per heavy atom. The maximum absolute atomic E-state index is 13.2. The molecule has 2 aliphatic heterocycles. The van der Waals surface area contributed by atoms with Crippen LogP contribution >= 0.6 is 0 Å². The van der Waals surface area contributed by atoms with Gasteiger partial charge in [0.1, 0.15) is 17.6 Å². The van der Waals surface area contributed by atoms with E-state index in [4.69, 9.17) is 8.83 Å². The first-order valence-corrected chi connectivity index (χ1v) is 9.75. The fourth-order valence-electron chi connectivity index (χ4n) is 3.94. The van der Waals surface area contributed by atoms with Crippen molar-refractivity contribution in [1.82, 2.24) is 5.01 Å². The molecule has 0 saturated carbocycles. The lowest BCUT2D eigenvalue weighted by Crippen LogP contribution is -2.37. The average molecular weight is 387 g/mol. The number of para-hydroxylation sites is 1. The lowest BCUT2D eigenvalue weighted by Gasteiger charge is -2.24. The number of furan rings is 2. The number of hydrogen-bond acceptors (Lipinski definition) is 5. The van der Waals surface area contributed by atoms with Crippen LogP contribution in [0.2, 0.25) is 0 Å². The number of rotatable bonds is 5. The average Bonchev–Trinajstić information content (AvgIpc) is 3.53. The maximum Gasteiger partial charge on any atom is 0.262 e. The van der Waals surface area contributed by atoms with Gasteiger partial charge in [0.2, 0.25) is 0 Å². The molecule has 146 valence electrons. The van der Waals surface area contributed by atoms with Gasteiger partial charge in [0.05, 0.1) is 24.8 Å². The SMILES string of the molecule is O=C(CN1CCc2ccccc21)N1N=C(/C=C/c2ccco2)C[C@@H]1c1ccco1. The standard InChI is InChI=1S/C23H21N3O3/c27-23(16-25-12-11-17-5-1-2-7-20(17)25)26-21(22-8-4-14-29-22)15-18(24-26)9-10-19-6-3-13-28-19/h1-10,13-14,21H,11-12,15-16H2/b10-9+/t21-/m1/s1. The van der Waals surface area contributed by atoms with Crippen LogP contribution in [0.4, 0.5) is 5.69 Å². The molecule has 1 aromatic carbocycles. The number of fused-ring (bicyclic) bond motifs is 1. The van der Waals surface area contributed by atoms with Gasteiger partial charge in [0.15, 0.2) is 0 Å². The van der Waals surface area contributed by atoms with Crippen LogP contribution < -0.4 is 4.90 Å². The van der Waals surface area contributed by atoms with E-state index in [0.29, 0.717) is 13.0 Å². The van der Waals surface area contributed by atoms with Crippen molar-refractivity contribution >= 4 is 23.4 Å². The van der Waals surface area contributed by atoms with Crippen molar-refractivity contribution in [2.24, 2.45) is 5.10 Å². The summed E-state index contributed by atoms with van der Waals surface area (Å²) >= 11 is 0. The van der Waals surface area contributed by atoms with Crippen molar-refractivity contribution < 1.29 is 13.6 Å². The smallest absolute Gasteiger partial charge is 0.262 e. The van der Waals surface area contributed by atoms with Crippen molar-refractivity contribution in [3.63, 3.8) is 0 Å². The Hall–Kier alpha value is -3.54. The second kappa shape index (κ2) is 7.47. The summed E-state index contributed by atoms with van der Waals surface area (Å²) in [7, 11) is 0. The topological polar surface area (TPSA) is 62.2 Å². The van der Waals surface area contributed by atoms with Gasteiger partial charge in [0.25, 0.3) is 5.91 Å². The summed E-state index contributed by atoms with van der Waals surface area (Å²) in [6, 6.07) is 15.5. The third kappa shape index (κ3) is 3.49. The summed E-state index contributed by atoms with van der Waals surface area (Å²) in [6.45, 7) is 1.15. The van der Waals surface area contributed by atoms with Crippen LogP contribution in [0.15, 0.2) is 81.1 Å². The molecule has 6 heteroatoms. The number of anilines is 1. The number of nitrogens with zero attached hydrogens (tertiary/aromatic N) is 3. The van der Waals surface area contributed by atoms with Gasteiger partial charge in [-0.1, -0.05) is 18.2 Å². The zero-order valence-electron chi connectivity index (χ0n) is 15.9. The van der Waals surface area contributed by atoms with Crippen molar-refractivity contribution in [2.75, 3.05) is 18.0 Å². The molecule has 2 aliphatic rings. The lowest BCUT2D eigenvalue weighted by molar-refractivity contribution is -0.131. The van der Waals surface area contributed by atoms with Crippen molar-refractivity contribution in [2.45, 2.75) is 18.9 Å². The molecule has 3 aromatic rings. The highest BCUT2D eigenvalue weighted by molar-refractivity contribution is 6.01. The number of amides is 1. The van der Waals surface area contributed by atoms with Gasteiger partial charge in [0, 0.05) is 18.7 Å². The summed E-state index contributed by atoms with van der Waals surface area (Å²) in [4.78, 5) is 15.3. The molecule has 1 atom stereocenters. The molecule has 1 amide bonds. The zero-order valence-corrected chi connectivity index (χ0v) is 15.9. The van der Waals surface area contributed by atoms with Gasteiger partial charge >= 0.3 is 0 Å². The summed E-state index contributed by atoms with van der Waals surface area (Å²) in [5.74, 6) is 1.45. The van der Waals surface area contributed by atoms with E-state index in [1.165, 1.54) is 5.56 Å². The molecule has 0 radical (unpaired) electrons. The highest BCUT2D eigenvalue weighted by atomic mass is 16.3. The number of hydrogen-bond donors (Lipinski definition) is 0. The highest BCUT2D eigenvalue weighted by Crippen LogP contribution is 2.33. The van der Waals surface area contributed by atoms with Crippen LogP contribution in [-0.4, -0.2) is 29.7 Å². The van der Waals surface area contributed by atoms with Gasteiger partial charge in [-0.05, 0) is 54.5 Å².